The minimum Gasteiger partial charge on any atom is -0.481 e. The van der Waals surface area contributed by atoms with Crippen molar-refractivity contribution >= 4 is 29.7 Å². The molecule has 0 saturated carbocycles. The molecule has 12 heteroatoms. The van der Waals surface area contributed by atoms with Gasteiger partial charge in [-0.25, -0.2) is 0 Å². The van der Waals surface area contributed by atoms with E-state index in [-0.39, 0.29) is 24.7 Å². The van der Waals surface area contributed by atoms with Gasteiger partial charge in [0.25, 0.3) is 0 Å². The number of rotatable bonds is 37. The summed E-state index contributed by atoms with van der Waals surface area (Å²) in [6, 6.07) is 0. The summed E-state index contributed by atoms with van der Waals surface area (Å²) < 4.78 is 11.2. The van der Waals surface area contributed by atoms with Gasteiger partial charge in [0.1, 0.15) is 6.54 Å². The van der Waals surface area contributed by atoms with Crippen molar-refractivity contribution in [3.63, 3.8) is 0 Å². The minimum atomic E-state index is -1.12. The Morgan fingerprint density at radius 3 is 1.08 bits per heavy atom. The molecule has 0 heterocycles. The normalized spacial score (nSPS) is 10.9. The molecule has 0 unspecified atom stereocenters. The third kappa shape index (κ3) is 37.7. The summed E-state index contributed by atoms with van der Waals surface area (Å²) in [6.45, 7) is 3.10. The van der Waals surface area contributed by atoms with Crippen LogP contribution in [0.2, 0.25) is 0 Å². The van der Waals surface area contributed by atoms with Crippen molar-refractivity contribution in [2.45, 2.75) is 154 Å². The van der Waals surface area contributed by atoms with E-state index < -0.39 is 24.4 Å². The highest BCUT2D eigenvalue weighted by molar-refractivity contribution is 5.85. The number of unbranched alkanes of at least 4 members (excludes halogenated alkanes) is 16. The van der Waals surface area contributed by atoms with E-state index in [0.717, 1.165) is 44.9 Å². The molecular weight excluding hydrogens is 618 g/mol. The van der Waals surface area contributed by atoms with Gasteiger partial charge >= 0.3 is 11.9 Å². The van der Waals surface area contributed by atoms with E-state index in [1.807, 2.05) is 0 Å². The van der Waals surface area contributed by atoms with Crippen LogP contribution in [-0.4, -0.2) is 85.9 Å². The first-order chi connectivity index (χ1) is 23.3. The lowest BCUT2D eigenvalue weighted by molar-refractivity contribution is -0.138. The van der Waals surface area contributed by atoms with Crippen molar-refractivity contribution < 1.29 is 43.7 Å². The van der Waals surface area contributed by atoms with Crippen molar-refractivity contribution in [1.29, 1.82) is 0 Å². The molecule has 0 aromatic heterocycles. The van der Waals surface area contributed by atoms with Crippen LogP contribution < -0.4 is 16.0 Å². The maximum absolute atomic E-state index is 12.0. The zero-order valence-corrected chi connectivity index (χ0v) is 29.7. The molecule has 5 N–H and O–H groups in total. The van der Waals surface area contributed by atoms with Gasteiger partial charge < -0.3 is 35.6 Å². The van der Waals surface area contributed by atoms with E-state index in [1.165, 1.54) is 77.0 Å². The molecule has 0 aliphatic rings. The number of carboxylic acids is 2. The molecule has 12 nitrogen and oxygen atoms in total. The second-order valence-corrected chi connectivity index (χ2v) is 12.6. The van der Waals surface area contributed by atoms with Crippen LogP contribution >= 0.6 is 0 Å². The molecule has 280 valence electrons. The van der Waals surface area contributed by atoms with Gasteiger partial charge in [0.2, 0.25) is 17.7 Å². The fraction of sp³-hybridized carbons (Fsp3) is 0.861. The average Bonchev–Trinajstić information content (AvgIpc) is 3.05. The molecule has 0 bridgehead atoms. The van der Waals surface area contributed by atoms with Crippen LogP contribution in [0.3, 0.4) is 0 Å². The molecule has 0 radical (unpaired) electrons. The first kappa shape index (κ1) is 45.3. The lowest BCUT2D eigenvalue weighted by atomic mass is 10.0. The number of nitrogens with one attached hydrogen (secondary N) is 3. The van der Waals surface area contributed by atoms with Crippen LogP contribution in [0.5, 0.6) is 0 Å². The van der Waals surface area contributed by atoms with Crippen LogP contribution in [-0.2, 0) is 33.4 Å². The maximum Gasteiger partial charge on any atom is 0.322 e. The van der Waals surface area contributed by atoms with Gasteiger partial charge in [-0.15, -0.1) is 0 Å². The highest BCUT2D eigenvalue weighted by Crippen LogP contribution is 2.14. The average molecular weight is 686 g/mol. The predicted molar refractivity (Wildman–Crippen MR) is 187 cm³/mol. The molecule has 0 fully saturated rings. The first-order valence-corrected chi connectivity index (χ1v) is 18.7. The van der Waals surface area contributed by atoms with Gasteiger partial charge in [0.15, 0.2) is 0 Å². The van der Waals surface area contributed by atoms with E-state index in [1.54, 1.807) is 0 Å². The number of amides is 3. The summed E-state index contributed by atoms with van der Waals surface area (Å²) in [5.41, 5.74) is 0. The molecule has 0 spiro atoms. The summed E-state index contributed by atoms with van der Waals surface area (Å²) >= 11 is 0. The van der Waals surface area contributed by atoms with Crippen LogP contribution in [0.25, 0.3) is 0 Å². The number of carboxylic acid groups (broad SMARTS) is 2. The highest BCUT2D eigenvalue weighted by atomic mass is 16.5. The maximum atomic E-state index is 12.0. The van der Waals surface area contributed by atoms with Gasteiger partial charge in [-0.2, -0.15) is 0 Å². The second kappa shape index (κ2) is 35.6. The molecule has 48 heavy (non-hydrogen) atoms. The standard InChI is InChI=1S/C36H67N3O9/c40-32(21-15-13-11-9-7-5-3-1-2-4-6-8-10-12-14-16-22-35(43)44)37-25-19-29-47-27-17-18-28-48-30-20-26-38-33(41)23-24-34(42)39-31-36(45)46/h1-31H2,(H,37,40)(H,38,41)(H,39,42)(H,43,44)(H,45,46). The van der Waals surface area contributed by atoms with Crippen molar-refractivity contribution in [3.8, 4) is 0 Å². The summed E-state index contributed by atoms with van der Waals surface area (Å²) in [5, 5.41) is 25.0. The third-order valence-corrected chi connectivity index (χ3v) is 7.96. The first-order valence-electron chi connectivity index (χ1n) is 18.7. The number of aliphatic carboxylic acids is 2. The Morgan fingerprint density at radius 2 is 0.688 bits per heavy atom. The van der Waals surface area contributed by atoms with Crippen LogP contribution in [0.1, 0.15) is 154 Å². The van der Waals surface area contributed by atoms with Gasteiger partial charge in [0.05, 0.1) is 0 Å². The number of ether oxygens (including phenoxy) is 2. The summed E-state index contributed by atoms with van der Waals surface area (Å²) in [4.78, 5) is 56.0. The topological polar surface area (TPSA) is 180 Å². The fourth-order valence-corrected chi connectivity index (χ4v) is 5.12. The molecular formula is C36H67N3O9. The summed E-state index contributed by atoms with van der Waals surface area (Å²) in [5.74, 6) is -2.39. The van der Waals surface area contributed by atoms with Gasteiger partial charge in [-0.05, 0) is 38.5 Å². The Kier molecular flexibility index (Phi) is 33.6. The number of hydrogen-bond acceptors (Lipinski definition) is 7. The van der Waals surface area contributed by atoms with E-state index in [4.69, 9.17) is 19.7 Å². The SMILES string of the molecule is O=C(O)CCCCCCCCCCCCCCCCCCC(=O)NCCCOCCCCOCCCNC(=O)CCC(=O)NCC(=O)O. The van der Waals surface area contributed by atoms with Crippen molar-refractivity contribution in [3.05, 3.63) is 0 Å². The molecule has 0 aliphatic carbocycles. The zero-order valence-electron chi connectivity index (χ0n) is 29.7. The number of carbonyl (C=O) groups excluding carboxylic acids is 3. The molecule has 0 atom stereocenters. The monoisotopic (exact) mass is 685 g/mol. The number of carbonyl (C=O) groups is 5. The molecule has 0 aromatic rings. The third-order valence-electron chi connectivity index (χ3n) is 7.96. The van der Waals surface area contributed by atoms with E-state index in [2.05, 4.69) is 16.0 Å². The molecule has 0 aliphatic heterocycles. The van der Waals surface area contributed by atoms with Gasteiger partial charge in [-0.1, -0.05) is 89.9 Å². The second-order valence-electron chi connectivity index (χ2n) is 12.6. The lowest BCUT2D eigenvalue weighted by Crippen LogP contribution is -2.31. The smallest absolute Gasteiger partial charge is 0.322 e. The lowest BCUT2D eigenvalue weighted by Gasteiger charge is -2.08. The Labute approximate surface area is 289 Å². The van der Waals surface area contributed by atoms with E-state index >= 15 is 0 Å². The zero-order chi connectivity index (χ0) is 35.3. The van der Waals surface area contributed by atoms with Gasteiger partial charge in [-0.3, -0.25) is 24.0 Å². The van der Waals surface area contributed by atoms with Crippen molar-refractivity contribution in [1.82, 2.24) is 16.0 Å². The quantitative estimate of drug-likeness (QED) is 0.0498. The minimum absolute atomic E-state index is 0.0190. The largest absolute Gasteiger partial charge is 0.481 e. The fourth-order valence-electron chi connectivity index (χ4n) is 5.12. The van der Waals surface area contributed by atoms with Crippen molar-refractivity contribution in [2.75, 3.05) is 46.1 Å². The Balaban J connectivity index is 3.26. The Bertz CT molecular complexity index is 827. The molecule has 0 saturated heterocycles. The van der Waals surface area contributed by atoms with Crippen LogP contribution in [0.4, 0.5) is 0 Å². The van der Waals surface area contributed by atoms with E-state index in [0.29, 0.717) is 58.8 Å². The highest BCUT2D eigenvalue weighted by Gasteiger charge is 2.08. The number of hydrogen-bond donors (Lipinski definition) is 5. The Hall–Kier alpha value is -2.73. The van der Waals surface area contributed by atoms with Crippen LogP contribution in [0, 0.1) is 0 Å². The molecule has 0 aromatic carbocycles. The molecule has 3 amide bonds. The van der Waals surface area contributed by atoms with E-state index in [9.17, 15) is 24.0 Å². The Morgan fingerprint density at radius 1 is 0.354 bits per heavy atom. The van der Waals surface area contributed by atoms with Crippen LogP contribution in [0.15, 0.2) is 0 Å². The summed E-state index contributed by atoms with van der Waals surface area (Å²) in [6.07, 6.45) is 23.5. The summed E-state index contributed by atoms with van der Waals surface area (Å²) in [7, 11) is 0. The predicted octanol–water partition coefficient (Wildman–Crippen LogP) is 5.90. The van der Waals surface area contributed by atoms with Gasteiger partial charge in [0, 0.05) is 65.2 Å². The van der Waals surface area contributed by atoms with Crippen molar-refractivity contribution in [2.24, 2.45) is 0 Å². The molecule has 0 rings (SSSR count).